The van der Waals surface area contributed by atoms with Crippen molar-refractivity contribution in [2.24, 2.45) is 5.10 Å². The number of non-ortho nitro benzene ring substituents is 1. The molecule has 3 aromatic rings. The second kappa shape index (κ2) is 6.70. The minimum Gasteiger partial charge on any atom is -0.358 e. The maximum Gasteiger partial charge on any atom is 0.278 e. The first kappa shape index (κ1) is 16.4. The summed E-state index contributed by atoms with van der Waals surface area (Å²) in [5.41, 5.74) is 0.724. The molecule has 2 aromatic heterocycles. The Morgan fingerprint density at radius 3 is 2.69 bits per heavy atom. The van der Waals surface area contributed by atoms with E-state index >= 15 is 0 Å². The fraction of sp³-hybridized carbons (Fsp3) is 0.0588. The molecule has 1 aromatic carbocycles. The van der Waals surface area contributed by atoms with Crippen LogP contribution in [0.1, 0.15) is 26.3 Å². The number of hydrogen-bond acceptors (Lipinski definition) is 7. The maximum absolute atomic E-state index is 13.0. The monoisotopic (exact) mass is 384 g/mol. The number of hydrogen-bond donors (Lipinski definition) is 1. The number of carbonyl (C=O) groups is 1. The van der Waals surface area contributed by atoms with Gasteiger partial charge in [-0.3, -0.25) is 14.9 Å². The molecular formula is C17H12N4O3S2. The third-order valence-corrected chi connectivity index (χ3v) is 5.59. The van der Waals surface area contributed by atoms with Crippen LogP contribution in [-0.4, -0.2) is 22.1 Å². The Bertz CT molecular complexity index is 984. The predicted molar refractivity (Wildman–Crippen MR) is 102 cm³/mol. The summed E-state index contributed by atoms with van der Waals surface area (Å²) in [6.07, 6.45) is 1.12. The van der Waals surface area contributed by atoms with Crippen LogP contribution in [0.5, 0.6) is 0 Å². The maximum atomic E-state index is 13.0. The molecule has 1 N–H and O–H groups in total. The van der Waals surface area contributed by atoms with Crippen LogP contribution in [0, 0.1) is 10.1 Å². The van der Waals surface area contributed by atoms with E-state index in [9.17, 15) is 14.9 Å². The lowest BCUT2D eigenvalue weighted by molar-refractivity contribution is -0.384. The van der Waals surface area contributed by atoms with Crippen LogP contribution in [0.15, 0.2) is 58.3 Å². The van der Waals surface area contributed by atoms with Crippen molar-refractivity contribution < 1.29 is 9.72 Å². The molecule has 3 heterocycles. The van der Waals surface area contributed by atoms with Crippen molar-refractivity contribution in [3.8, 4) is 0 Å². The number of nitrogens with one attached hydrogen (secondary N) is 1. The molecule has 4 rings (SSSR count). The number of nitrogens with zero attached hydrogens (tertiary/aromatic N) is 3. The zero-order chi connectivity index (χ0) is 18.1. The lowest BCUT2D eigenvalue weighted by atomic mass is 10.1. The number of fused-ring (bicyclic) bond motifs is 1. The smallest absolute Gasteiger partial charge is 0.278 e. The molecule has 1 aliphatic rings. The average molecular weight is 384 g/mol. The molecule has 0 bridgehead atoms. The zero-order valence-corrected chi connectivity index (χ0v) is 14.9. The number of hydrazone groups is 1. The number of rotatable bonds is 4. The van der Waals surface area contributed by atoms with Gasteiger partial charge in [-0.2, -0.15) is 5.10 Å². The van der Waals surface area contributed by atoms with Gasteiger partial charge in [0, 0.05) is 21.9 Å². The van der Waals surface area contributed by atoms with Crippen LogP contribution < -0.4 is 5.32 Å². The van der Waals surface area contributed by atoms with Crippen molar-refractivity contribution >= 4 is 46.2 Å². The molecule has 0 saturated heterocycles. The summed E-state index contributed by atoms with van der Waals surface area (Å²) >= 11 is 3.00. The van der Waals surface area contributed by atoms with Crippen molar-refractivity contribution in [3.63, 3.8) is 0 Å². The number of anilines is 1. The van der Waals surface area contributed by atoms with Gasteiger partial charge in [0.25, 0.3) is 11.6 Å². The van der Waals surface area contributed by atoms with Gasteiger partial charge < -0.3 is 5.32 Å². The molecule has 1 aliphatic heterocycles. The summed E-state index contributed by atoms with van der Waals surface area (Å²) in [6, 6.07) is 11.8. The van der Waals surface area contributed by atoms with Crippen molar-refractivity contribution in [2.45, 2.75) is 6.17 Å². The largest absolute Gasteiger partial charge is 0.358 e. The van der Waals surface area contributed by atoms with E-state index in [1.54, 1.807) is 6.21 Å². The van der Waals surface area contributed by atoms with E-state index in [2.05, 4.69) is 10.4 Å². The van der Waals surface area contributed by atoms with Gasteiger partial charge in [0.1, 0.15) is 0 Å². The summed E-state index contributed by atoms with van der Waals surface area (Å²) in [6.45, 7) is 0. The molecular weight excluding hydrogens is 372 g/mol. The van der Waals surface area contributed by atoms with Crippen LogP contribution in [-0.2, 0) is 0 Å². The highest BCUT2D eigenvalue weighted by molar-refractivity contribution is 7.11. The van der Waals surface area contributed by atoms with Crippen LogP contribution in [0.3, 0.4) is 0 Å². The first-order valence-electron chi connectivity index (χ1n) is 7.63. The van der Waals surface area contributed by atoms with Gasteiger partial charge >= 0.3 is 0 Å². The van der Waals surface area contributed by atoms with Crippen LogP contribution in [0.25, 0.3) is 0 Å². The van der Waals surface area contributed by atoms with Gasteiger partial charge in [-0.1, -0.05) is 12.1 Å². The first-order valence-corrected chi connectivity index (χ1v) is 9.39. The van der Waals surface area contributed by atoms with Gasteiger partial charge in [-0.15, -0.1) is 22.7 Å². The van der Waals surface area contributed by atoms with E-state index in [4.69, 9.17) is 0 Å². The summed E-state index contributed by atoms with van der Waals surface area (Å²) < 4.78 is 0. The Morgan fingerprint density at radius 2 is 2.00 bits per heavy atom. The molecule has 9 heteroatoms. The molecule has 1 unspecified atom stereocenters. The zero-order valence-electron chi connectivity index (χ0n) is 13.2. The Kier molecular flexibility index (Phi) is 4.23. The molecule has 0 aliphatic carbocycles. The van der Waals surface area contributed by atoms with E-state index in [0.29, 0.717) is 11.3 Å². The lowest BCUT2D eigenvalue weighted by Crippen LogP contribution is -2.39. The van der Waals surface area contributed by atoms with Gasteiger partial charge in [-0.05, 0) is 29.0 Å². The Hall–Kier alpha value is -3.04. The summed E-state index contributed by atoms with van der Waals surface area (Å²) in [4.78, 5) is 25.3. The van der Waals surface area contributed by atoms with Crippen LogP contribution >= 0.6 is 22.7 Å². The van der Waals surface area contributed by atoms with Gasteiger partial charge in [0.05, 0.1) is 22.4 Å². The highest BCUT2D eigenvalue weighted by Gasteiger charge is 2.34. The van der Waals surface area contributed by atoms with Crippen molar-refractivity contribution in [2.75, 3.05) is 5.32 Å². The quantitative estimate of drug-likeness (QED) is 0.412. The molecule has 0 saturated carbocycles. The van der Waals surface area contributed by atoms with Crippen molar-refractivity contribution in [1.82, 2.24) is 5.01 Å². The highest BCUT2D eigenvalue weighted by atomic mass is 32.1. The Labute approximate surface area is 156 Å². The number of nitro benzene ring substituents is 1. The first-order chi connectivity index (χ1) is 12.6. The minimum atomic E-state index is -0.520. The van der Waals surface area contributed by atoms with E-state index in [1.807, 2.05) is 35.0 Å². The second-order valence-corrected chi connectivity index (χ2v) is 7.42. The van der Waals surface area contributed by atoms with Crippen molar-refractivity contribution in [1.29, 1.82) is 0 Å². The van der Waals surface area contributed by atoms with Gasteiger partial charge in [0.2, 0.25) is 0 Å². The minimum absolute atomic E-state index is 0.0653. The lowest BCUT2D eigenvalue weighted by Gasteiger charge is -2.33. The SMILES string of the molecule is O=C1c2ccc([N+](=O)[O-])cc2NC(c2cccs2)N1/N=C/c1cccs1. The number of nitro groups is 1. The van der Waals surface area contributed by atoms with E-state index in [-0.39, 0.29) is 11.6 Å². The summed E-state index contributed by atoms with van der Waals surface area (Å²) in [5.74, 6) is -0.306. The fourth-order valence-electron chi connectivity index (χ4n) is 2.64. The normalized spacial score (nSPS) is 16.5. The van der Waals surface area contributed by atoms with E-state index in [0.717, 1.165) is 9.75 Å². The molecule has 26 heavy (non-hydrogen) atoms. The molecule has 0 spiro atoms. The Morgan fingerprint density at radius 1 is 1.19 bits per heavy atom. The number of carbonyl (C=O) groups excluding carboxylic acids is 1. The third kappa shape index (κ3) is 2.98. The van der Waals surface area contributed by atoms with Crippen LogP contribution in [0.4, 0.5) is 11.4 Å². The standard InChI is InChI=1S/C17H12N4O3S2/c22-17-13-6-5-11(21(23)24)9-14(13)19-16(15-4-2-8-26-15)20(17)18-10-12-3-1-7-25-12/h1-10,16,19H/b18-10+. The second-order valence-electron chi connectivity index (χ2n) is 5.46. The van der Waals surface area contributed by atoms with Gasteiger partial charge in [0.15, 0.2) is 6.17 Å². The van der Waals surface area contributed by atoms with E-state index < -0.39 is 11.1 Å². The predicted octanol–water partition coefficient (Wildman–Crippen LogP) is 4.32. The van der Waals surface area contributed by atoms with Gasteiger partial charge in [-0.25, -0.2) is 5.01 Å². The molecule has 1 amide bonds. The summed E-state index contributed by atoms with van der Waals surface area (Å²) in [7, 11) is 0. The van der Waals surface area contributed by atoms with Crippen LogP contribution in [0.2, 0.25) is 0 Å². The fourth-order valence-corrected chi connectivity index (χ4v) is 3.98. The average Bonchev–Trinajstić information content (AvgIpc) is 3.34. The van der Waals surface area contributed by atoms with Crippen molar-refractivity contribution in [3.05, 3.63) is 78.7 Å². The Balaban J connectivity index is 1.76. The molecule has 0 radical (unpaired) electrons. The molecule has 7 nitrogen and oxygen atoms in total. The molecule has 0 fully saturated rings. The third-order valence-electron chi connectivity index (χ3n) is 3.85. The molecule has 1 atom stereocenters. The summed E-state index contributed by atoms with van der Waals surface area (Å²) in [5, 5.41) is 23.8. The van der Waals surface area contributed by atoms with E-state index in [1.165, 1.54) is 45.9 Å². The number of thiophene rings is 2. The topological polar surface area (TPSA) is 87.8 Å². The number of amides is 1. The number of benzene rings is 1. The molecule has 130 valence electrons. The highest BCUT2D eigenvalue weighted by Crippen LogP contribution is 2.36.